The maximum Gasteiger partial charge on any atom is 0.138 e. The Morgan fingerprint density at radius 1 is 0.431 bits per heavy atom. The van der Waals surface area contributed by atoms with Crippen molar-refractivity contribution in [3.8, 4) is 39.3 Å². The number of furan rings is 1. The average molecular weight is 669 g/mol. The predicted molar refractivity (Wildman–Crippen MR) is 215 cm³/mol. The van der Waals surface area contributed by atoms with Gasteiger partial charge in [0.1, 0.15) is 17.0 Å². The van der Waals surface area contributed by atoms with Gasteiger partial charge in [-0.2, -0.15) is 0 Å². The Morgan fingerprint density at radius 3 is 1.98 bits per heavy atom. The smallest absolute Gasteiger partial charge is 0.138 e. The van der Waals surface area contributed by atoms with Crippen LogP contribution in [0.5, 0.6) is 0 Å². The molecule has 11 aromatic rings. The monoisotopic (exact) mass is 668 g/mol. The first kappa shape index (κ1) is 28.4. The minimum absolute atomic E-state index is 0.881. The second-order valence-corrected chi connectivity index (χ2v) is 14.2. The van der Waals surface area contributed by atoms with E-state index in [0.717, 1.165) is 66.6 Å². The molecule has 4 heterocycles. The summed E-state index contributed by atoms with van der Waals surface area (Å²) in [6.07, 6.45) is 0. The molecule has 0 radical (unpaired) electrons. The third-order valence-electron chi connectivity index (χ3n) is 10.2. The summed E-state index contributed by atoms with van der Waals surface area (Å²) >= 11 is 1.84. The molecular formula is C47H28N2OS. The Bertz CT molecular complexity index is 3130. The van der Waals surface area contributed by atoms with E-state index in [2.05, 4.69) is 162 Å². The fourth-order valence-corrected chi connectivity index (χ4v) is 9.03. The van der Waals surface area contributed by atoms with Crippen LogP contribution in [-0.4, -0.2) is 9.55 Å². The number of para-hydroxylation sites is 2. The minimum Gasteiger partial charge on any atom is -0.456 e. The van der Waals surface area contributed by atoms with Crippen LogP contribution in [0.3, 0.4) is 0 Å². The van der Waals surface area contributed by atoms with Crippen molar-refractivity contribution in [1.29, 1.82) is 0 Å². The summed E-state index contributed by atoms with van der Waals surface area (Å²) in [7, 11) is 0. The zero-order valence-corrected chi connectivity index (χ0v) is 28.2. The van der Waals surface area contributed by atoms with E-state index in [1.165, 1.54) is 36.7 Å². The van der Waals surface area contributed by atoms with Gasteiger partial charge in [0.05, 0.1) is 16.7 Å². The average Bonchev–Trinajstić information content (AvgIpc) is 3.86. The summed E-state index contributed by atoms with van der Waals surface area (Å²) in [5, 5.41) is 7.08. The van der Waals surface area contributed by atoms with Crippen molar-refractivity contribution in [2.45, 2.75) is 0 Å². The van der Waals surface area contributed by atoms with E-state index in [1.807, 2.05) is 23.5 Å². The molecule has 7 aromatic carbocycles. The van der Waals surface area contributed by atoms with Gasteiger partial charge in [0.15, 0.2) is 0 Å². The molecule has 51 heavy (non-hydrogen) atoms. The van der Waals surface area contributed by atoms with Gasteiger partial charge in [-0.25, -0.2) is 4.98 Å². The Morgan fingerprint density at radius 2 is 1.12 bits per heavy atom. The highest BCUT2D eigenvalue weighted by atomic mass is 32.1. The second kappa shape index (κ2) is 11.0. The molecule has 3 nitrogen and oxygen atoms in total. The fourth-order valence-electron chi connectivity index (χ4n) is 7.80. The Labute approximate surface area is 297 Å². The molecule has 0 saturated carbocycles. The van der Waals surface area contributed by atoms with E-state index < -0.39 is 0 Å². The highest BCUT2D eigenvalue weighted by molar-refractivity contribution is 7.26. The Balaban J connectivity index is 1.20. The molecule has 0 N–H and O–H groups in total. The van der Waals surface area contributed by atoms with Crippen molar-refractivity contribution in [2.75, 3.05) is 0 Å². The highest BCUT2D eigenvalue weighted by Crippen LogP contribution is 2.42. The number of hydrogen-bond donors (Lipinski definition) is 0. The van der Waals surface area contributed by atoms with Gasteiger partial charge in [-0.3, -0.25) is 4.57 Å². The summed E-state index contributed by atoms with van der Waals surface area (Å²) in [5.74, 6) is 0.881. The SMILES string of the molecule is c1ccc(-c2ccc(-c3cc(-c4cccc5c4sc4ccccc45)nc(-n4c5ccccc5c5cc6oc7ccccc7c6cc54)c3)cc2)cc1. The molecule has 4 aromatic heterocycles. The largest absolute Gasteiger partial charge is 0.456 e. The number of benzene rings is 7. The van der Waals surface area contributed by atoms with Crippen molar-refractivity contribution in [3.63, 3.8) is 0 Å². The summed E-state index contributed by atoms with van der Waals surface area (Å²) in [4.78, 5) is 5.53. The molecule has 0 saturated heterocycles. The Hall–Kier alpha value is -6.49. The second-order valence-electron chi connectivity index (χ2n) is 13.1. The Kier molecular flexibility index (Phi) is 6.12. The van der Waals surface area contributed by atoms with Crippen LogP contribution in [0.15, 0.2) is 174 Å². The number of thiophene rings is 1. The van der Waals surface area contributed by atoms with E-state index >= 15 is 0 Å². The first-order chi connectivity index (χ1) is 25.3. The number of hydrogen-bond acceptors (Lipinski definition) is 3. The highest BCUT2D eigenvalue weighted by Gasteiger charge is 2.19. The molecule has 238 valence electrons. The van der Waals surface area contributed by atoms with Gasteiger partial charge in [0.25, 0.3) is 0 Å². The molecule has 0 amide bonds. The molecule has 0 atom stereocenters. The zero-order valence-electron chi connectivity index (χ0n) is 27.4. The molecular weight excluding hydrogens is 641 g/mol. The van der Waals surface area contributed by atoms with Gasteiger partial charge in [-0.15, -0.1) is 11.3 Å². The summed E-state index contributed by atoms with van der Waals surface area (Å²) < 4.78 is 11.2. The number of rotatable bonds is 4. The van der Waals surface area contributed by atoms with Crippen LogP contribution in [0.1, 0.15) is 0 Å². The van der Waals surface area contributed by atoms with Crippen LogP contribution >= 0.6 is 11.3 Å². The quantitative estimate of drug-likeness (QED) is 0.187. The molecule has 0 unspecified atom stereocenters. The van der Waals surface area contributed by atoms with E-state index in [4.69, 9.17) is 9.40 Å². The third kappa shape index (κ3) is 4.40. The molecule has 0 aliphatic rings. The molecule has 11 rings (SSSR count). The van der Waals surface area contributed by atoms with Crippen molar-refractivity contribution in [1.82, 2.24) is 9.55 Å². The zero-order chi connectivity index (χ0) is 33.5. The molecule has 0 bridgehead atoms. The first-order valence-electron chi connectivity index (χ1n) is 17.2. The van der Waals surface area contributed by atoms with Crippen molar-refractivity contribution >= 4 is 75.3 Å². The van der Waals surface area contributed by atoms with Gasteiger partial charge >= 0.3 is 0 Å². The lowest BCUT2D eigenvalue weighted by molar-refractivity contribution is 0.669. The first-order valence-corrected chi connectivity index (χ1v) is 18.0. The number of fused-ring (bicyclic) bond motifs is 9. The predicted octanol–water partition coefficient (Wildman–Crippen LogP) is 13.4. The van der Waals surface area contributed by atoms with Crippen LogP contribution in [0.4, 0.5) is 0 Å². The standard InChI is InChI=1S/C47H28N2OS/c1-2-11-29(12-3-1)30-21-23-31(24-22-30)32-25-40(37-17-10-16-36-35-15-6-9-20-45(35)51-47(36)37)48-46(26-32)49-41-18-7-4-13-33(41)38-28-44-39(27-42(38)49)34-14-5-8-19-43(34)50-44/h1-28H. The lowest BCUT2D eigenvalue weighted by Crippen LogP contribution is -2.00. The molecule has 0 fully saturated rings. The minimum atomic E-state index is 0.881. The maximum atomic E-state index is 6.36. The fraction of sp³-hybridized carbons (Fsp3) is 0. The van der Waals surface area contributed by atoms with Crippen LogP contribution in [0.2, 0.25) is 0 Å². The molecule has 4 heteroatoms. The van der Waals surface area contributed by atoms with Crippen molar-refractivity contribution in [3.05, 3.63) is 170 Å². The van der Waals surface area contributed by atoms with Gasteiger partial charge in [0.2, 0.25) is 0 Å². The van der Waals surface area contributed by atoms with Gasteiger partial charge in [0, 0.05) is 47.3 Å². The maximum absolute atomic E-state index is 6.36. The lowest BCUT2D eigenvalue weighted by Gasteiger charge is -2.14. The van der Waals surface area contributed by atoms with E-state index in [1.54, 1.807) is 0 Å². The summed E-state index contributed by atoms with van der Waals surface area (Å²) in [5.41, 5.74) is 10.8. The number of nitrogens with zero attached hydrogens (tertiary/aromatic N) is 2. The van der Waals surface area contributed by atoms with E-state index in [-0.39, 0.29) is 0 Å². The molecule has 0 spiro atoms. The number of aromatic nitrogens is 2. The van der Waals surface area contributed by atoms with Gasteiger partial charge < -0.3 is 4.42 Å². The van der Waals surface area contributed by atoms with Crippen LogP contribution in [0, 0.1) is 0 Å². The molecule has 0 aliphatic heterocycles. The normalized spacial score (nSPS) is 11.9. The summed E-state index contributed by atoms with van der Waals surface area (Å²) in [6, 6.07) is 60.7. The van der Waals surface area contributed by atoms with Crippen LogP contribution in [0.25, 0.3) is 103 Å². The third-order valence-corrected chi connectivity index (χ3v) is 11.4. The molecule has 0 aliphatic carbocycles. The summed E-state index contributed by atoms with van der Waals surface area (Å²) in [6.45, 7) is 0. The van der Waals surface area contributed by atoms with Crippen molar-refractivity contribution < 1.29 is 4.42 Å². The van der Waals surface area contributed by atoms with E-state index in [9.17, 15) is 0 Å². The topological polar surface area (TPSA) is 31.0 Å². The van der Waals surface area contributed by atoms with E-state index in [0.29, 0.717) is 0 Å². The van der Waals surface area contributed by atoms with Gasteiger partial charge in [-0.05, 0) is 64.7 Å². The van der Waals surface area contributed by atoms with Crippen molar-refractivity contribution in [2.24, 2.45) is 0 Å². The van der Waals surface area contributed by atoms with Crippen LogP contribution in [-0.2, 0) is 0 Å². The van der Waals surface area contributed by atoms with Crippen LogP contribution < -0.4 is 0 Å². The lowest BCUT2D eigenvalue weighted by atomic mass is 9.99. The number of pyridine rings is 1. The van der Waals surface area contributed by atoms with Gasteiger partial charge in [-0.1, -0.05) is 127 Å².